The van der Waals surface area contributed by atoms with Gasteiger partial charge in [-0.1, -0.05) is 117 Å². The third kappa shape index (κ3) is 4.34. The first-order chi connectivity index (χ1) is 14.0. The maximum atomic E-state index is 3.65. The van der Waals surface area contributed by atoms with Crippen molar-refractivity contribution in [3.05, 3.63) is 119 Å². The molecule has 1 heteroatoms. The van der Waals surface area contributed by atoms with Crippen molar-refractivity contribution < 1.29 is 0 Å². The monoisotopic (exact) mass is 390 g/mol. The van der Waals surface area contributed by atoms with Crippen LogP contribution in [0.4, 0.5) is 0 Å². The Bertz CT molecular complexity index is 1060. The van der Waals surface area contributed by atoms with Crippen LogP contribution >= 0.6 is 0 Å². The van der Waals surface area contributed by atoms with Crippen LogP contribution in [0.25, 0.3) is 11.1 Å². The summed E-state index contributed by atoms with van der Waals surface area (Å²) in [6, 6.07) is 29.9. The van der Waals surface area contributed by atoms with Gasteiger partial charge in [0.2, 0.25) is 0 Å². The second kappa shape index (κ2) is 8.11. The summed E-state index contributed by atoms with van der Waals surface area (Å²) in [5.41, 5.74) is 16.3. The minimum absolute atomic E-state index is 0.0958. The first kappa shape index (κ1) is 19.2. The van der Waals surface area contributed by atoms with Crippen LogP contribution in [-0.2, 0) is 5.41 Å². The number of hydrogen-bond donors (Lipinski definition) is 0. The summed E-state index contributed by atoms with van der Waals surface area (Å²) in [7, 11) is -1.47. The Morgan fingerprint density at radius 2 is 1.10 bits per heavy atom. The summed E-state index contributed by atoms with van der Waals surface area (Å²) in [5, 5.41) is 0. The summed E-state index contributed by atoms with van der Waals surface area (Å²) >= 11 is 0. The SMILES string of the molecule is CC(C)(C)c1ccccc1C#C[SiH]1C=C(c2ccccc2)C(c2ccccc2)=C1. The van der Waals surface area contributed by atoms with Gasteiger partial charge in [0.15, 0.2) is 8.80 Å². The molecule has 142 valence electrons. The number of hydrogen-bond acceptors (Lipinski definition) is 0. The fraction of sp³-hybridized carbons (Fsp3) is 0.143. The number of allylic oxidation sites excluding steroid dienone is 2. The summed E-state index contributed by atoms with van der Waals surface area (Å²) in [6.07, 6.45) is 0. The van der Waals surface area contributed by atoms with Crippen LogP contribution in [0.3, 0.4) is 0 Å². The molecule has 0 nitrogen and oxygen atoms in total. The maximum absolute atomic E-state index is 3.65. The maximum Gasteiger partial charge on any atom is 0.171 e. The van der Waals surface area contributed by atoms with Gasteiger partial charge in [-0.3, -0.25) is 0 Å². The van der Waals surface area contributed by atoms with Crippen molar-refractivity contribution in [3.8, 4) is 11.5 Å². The van der Waals surface area contributed by atoms with E-state index in [1.54, 1.807) is 0 Å². The molecule has 0 amide bonds. The van der Waals surface area contributed by atoms with Gasteiger partial charge in [0, 0.05) is 5.56 Å². The number of benzene rings is 3. The van der Waals surface area contributed by atoms with Gasteiger partial charge in [0.1, 0.15) is 0 Å². The molecule has 0 N–H and O–H groups in total. The van der Waals surface area contributed by atoms with Crippen molar-refractivity contribution in [2.45, 2.75) is 26.2 Å². The van der Waals surface area contributed by atoms with E-state index in [2.05, 4.69) is 129 Å². The zero-order chi connectivity index (χ0) is 20.3. The van der Waals surface area contributed by atoms with Gasteiger partial charge >= 0.3 is 0 Å². The van der Waals surface area contributed by atoms with E-state index in [1.807, 2.05) is 0 Å². The lowest BCUT2D eigenvalue weighted by atomic mass is 9.84. The molecule has 0 aromatic heterocycles. The van der Waals surface area contributed by atoms with Crippen molar-refractivity contribution in [1.29, 1.82) is 0 Å². The molecule has 0 aliphatic carbocycles. The second-order valence-corrected chi connectivity index (χ2v) is 10.5. The highest BCUT2D eigenvalue weighted by Gasteiger charge is 2.20. The van der Waals surface area contributed by atoms with Crippen LogP contribution in [-0.4, -0.2) is 8.80 Å². The topological polar surface area (TPSA) is 0 Å². The molecule has 1 aliphatic rings. The van der Waals surface area contributed by atoms with E-state index in [0.29, 0.717) is 0 Å². The zero-order valence-electron chi connectivity index (χ0n) is 17.3. The summed E-state index contributed by atoms with van der Waals surface area (Å²) in [5.74, 6) is 3.53. The Morgan fingerprint density at radius 1 is 0.621 bits per heavy atom. The molecule has 0 bridgehead atoms. The van der Waals surface area contributed by atoms with Crippen LogP contribution in [0, 0.1) is 11.5 Å². The van der Waals surface area contributed by atoms with Crippen molar-refractivity contribution in [3.63, 3.8) is 0 Å². The fourth-order valence-electron chi connectivity index (χ4n) is 3.82. The Hall–Kier alpha value is -3.08. The molecule has 0 atom stereocenters. The minimum Gasteiger partial charge on any atom is -0.120 e. The molecule has 0 radical (unpaired) electrons. The van der Waals surface area contributed by atoms with E-state index >= 15 is 0 Å². The molecule has 1 heterocycles. The second-order valence-electron chi connectivity index (χ2n) is 8.48. The molecule has 0 unspecified atom stereocenters. The highest BCUT2D eigenvalue weighted by atomic mass is 28.3. The predicted molar refractivity (Wildman–Crippen MR) is 128 cm³/mol. The molecule has 1 aliphatic heterocycles. The fourth-order valence-corrected chi connectivity index (χ4v) is 5.86. The lowest BCUT2D eigenvalue weighted by Crippen LogP contribution is -2.13. The van der Waals surface area contributed by atoms with E-state index in [0.717, 1.165) is 5.56 Å². The zero-order valence-corrected chi connectivity index (χ0v) is 18.5. The van der Waals surface area contributed by atoms with Gasteiger partial charge in [0.25, 0.3) is 0 Å². The molecule has 29 heavy (non-hydrogen) atoms. The molecule has 0 saturated heterocycles. The average molecular weight is 391 g/mol. The van der Waals surface area contributed by atoms with Crippen LogP contribution < -0.4 is 0 Å². The average Bonchev–Trinajstić information content (AvgIpc) is 3.17. The van der Waals surface area contributed by atoms with E-state index in [1.165, 1.54) is 27.8 Å². The van der Waals surface area contributed by atoms with Crippen molar-refractivity contribution in [2.75, 3.05) is 0 Å². The molecule has 0 spiro atoms. The van der Waals surface area contributed by atoms with Gasteiger partial charge < -0.3 is 0 Å². The molecular weight excluding hydrogens is 364 g/mol. The minimum atomic E-state index is -1.47. The largest absolute Gasteiger partial charge is 0.171 e. The van der Waals surface area contributed by atoms with Crippen molar-refractivity contribution >= 4 is 19.9 Å². The van der Waals surface area contributed by atoms with Crippen LogP contribution in [0.2, 0.25) is 0 Å². The van der Waals surface area contributed by atoms with Crippen molar-refractivity contribution in [2.24, 2.45) is 0 Å². The third-order valence-electron chi connectivity index (χ3n) is 5.26. The highest BCUT2D eigenvalue weighted by Crippen LogP contribution is 2.35. The van der Waals surface area contributed by atoms with Gasteiger partial charge in [-0.05, 0) is 39.3 Å². The quantitative estimate of drug-likeness (QED) is 0.353. The molecule has 0 fully saturated rings. The molecule has 3 aromatic carbocycles. The Balaban J connectivity index is 1.74. The molecule has 4 rings (SSSR count). The van der Waals surface area contributed by atoms with E-state index in [9.17, 15) is 0 Å². The summed E-state index contributed by atoms with van der Waals surface area (Å²) in [6.45, 7) is 6.75. The first-order valence-electron chi connectivity index (χ1n) is 10.2. The van der Waals surface area contributed by atoms with E-state index < -0.39 is 8.80 Å². The Labute approximate surface area is 176 Å². The van der Waals surface area contributed by atoms with Gasteiger partial charge in [-0.25, -0.2) is 0 Å². The summed E-state index contributed by atoms with van der Waals surface area (Å²) in [4.78, 5) is 0. The van der Waals surface area contributed by atoms with Gasteiger partial charge in [0.05, 0.1) is 0 Å². The van der Waals surface area contributed by atoms with Crippen LogP contribution in [0.5, 0.6) is 0 Å². The lowest BCUT2D eigenvalue weighted by Gasteiger charge is -2.20. The predicted octanol–water partition coefficient (Wildman–Crippen LogP) is 6.36. The van der Waals surface area contributed by atoms with Gasteiger partial charge in [-0.15, -0.1) is 5.54 Å². The van der Waals surface area contributed by atoms with Crippen molar-refractivity contribution in [1.82, 2.24) is 0 Å². The number of rotatable bonds is 2. The Kier molecular flexibility index (Phi) is 5.38. The van der Waals surface area contributed by atoms with Gasteiger partial charge in [-0.2, -0.15) is 0 Å². The van der Waals surface area contributed by atoms with Crippen LogP contribution in [0.15, 0.2) is 96.3 Å². The first-order valence-corrected chi connectivity index (χ1v) is 12.1. The molecule has 0 saturated carbocycles. The smallest absolute Gasteiger partial charge is 0.120 e. The summed E-state index contributed by atoms with van der Waals surface area (Å²) < 4.78 is 0. The lowest BCUT2D eigenvalue weighted by molar-refractivity contribution is 0.589. The Morgan fingerprint density at radius 3 is 1.62 bits per heavy atom. The highest BCUT2D eigenvalue weighted by molar-refractivity contribution is 6.81. The van der Waals surface area contributed by atoms with E-state index in [4.69, 9.17) is 0 Å². The standard InChI is InChI=1S/C28H26Si/c1-28(2,3)27-17-11-10-16-24(27)18-19-29-20-25(22-12-6-4-7-13-22)26(21-29)23-14-8-5-9-15-23/h4-17,20-21,29H,1-3H3. The van der Waals surface area contributed by atoms with E-state index in [-0.39, 0.29) is 5.41 Å². The van der Waals surface area contributed by atoms with Crippen LogP contribution in [0.1, 0.15) is 43.0 Å². The normalized spacial score (nSPS) is 14.0. The molecular formula is C28H26Si. The third-order valence-corrected chi connectivity index (χ3v) is 7.12. The molecule has 3 aromatic rings.